The van der Waals surface area contributed by atoms with E-state index in [1.807, 2.05) is 12.1 Å². The third kappa shape index (κ3) is 2.78. The van der Waals surface area contributed by atoms with E-state index < -0.39 is 0 Å². The van der Waals surface area contributed by atoms with Gasteiger partial charge in [0.1, 0.15) is 11.3 Å². The summed E-state index contributed by atoms with van der Waals surface area (Å²) in [4.78, 5) is 6.24. The van der Waals surface area contributed by atoms with E-state index >= 15 is 0 Å². The fraction of sp³-hybridized carbons (Fsp3) is 0.545. The maximum atomic E-state index is 13.2. The Morgan fingerprint density at radius 1 is 1.50 bits per heavy atom. The molecule has 1 atom stereocenters. The molecule has 0 saturated carbocycles. The second-order valence-electron chi connectivity index (χ2n) is 3.87. The van der Waals surface area contributed by atoms with E-state index in [9.17, 15) is 4.39 Å². The summed E-state index contributed by atoms with van der Waals surface area (Å²) in [6, 6.07) is 3.64. The molecule has 3 nitrogen and oxygen atoms in total. The first-order chi connectivity index (χ1) is 7.81. The largest absolute Gasteiger partial charge is 0.314 e. The molecule has 16 heavy (non-hydrogen) atoms. The van der Waals surface area contributed by atoms with Crippen LogP contribution in [0.15, 0.2) is 22.9 Å². The topological polar surface area (TPSA) is 28.2 Å². The molecule has 0 aromatic carbocycles. The molecule has 0 unspecified atom stereocenters. The number of halogens is 2. The smallest absolute Gasteiger partial charge is 0.109 e. The van der Waals surface area contributed by atoms with Gasteiger partial charge in [-0.05, 0) is 33.6 Å². The molecule has 1 fully saturated rings. The normalized spacial score (nSPS) is 19.6. The highest BCUT2D eigenvalue weighted by Crippen LogP contribution is 2.23. The SMILES string of the molecule is FC[C@H](c1ccnc(Br)c1)N1CCNCC1. The molecule has 2 heterocycles. The lowest BCUT2D eigenvalue weighted by Crippen LogP contribution is -2.45. The van der Waals surface area contributed by atoms with Crippen molar-refractivity contribution < 1.29 is 4.39 Å². The first-order valence-corrected chi connectivity index (χ1v) is 6.23. The van der Waals surface area contributed by atoms with Gasteiger partial charge in [0.2, 0.25) is 0 Å². The Kier molecular flexibility index (Phi) is 4.26. The minimum Gasteiger partial charge on any atom is -0.314 e. The minimum atomic E-state index is -0.351. The molecule has 1 aliphatic heterocycles. The lowest BCUT2D eigenvalue weighted by Gasteiger charge is -2.33. The molecule has 88 valence electrons. The van der Waals surface area contributed by atoms with Crippen LogP contribution in [0.5, 0.6) is 0 Å². The van der Waals surface area contributed by atoms with Crippen molar-refractivity contribution in [2.24, 2.45) is 0 Å². The summed E-state index contributed by atoms with van der Waals surface area (Å²) in [5, 5.41) is 3.27. The van der Waals surface area contributed by atoms with Crippen molar-refractivity contribution in [3.05, 3.63) is 28.5 Å². The van der Waals surface area contributed by atoms with Gasteiger partial charge < -0.3 is 5.32 Å². The molecular weight excluding hydrogens is 273 g/mol. The second kappa shape index (κ2) is 5.70. The zero-order chi connectivity index (χ0) is 11.4. The number of piperazine rings is 1. The number of nitrogens with one attached hydrogen (secondary N) is 1. The Bertz CT molecular complexity index is 342. The van der Waals surface area contributed by atoms with Crippen molar-refractivity contribution in [1.82, 2.24) is 15.2 Å². The van der Waals surface area contributed by atoms with Crippen LogP contribution in [0.25, 0.3) is 0 Å². The lowest BCUT2D eigenvalue weighted by atomic mass is 10.1. The van der Waals surface area contributed by atoms with Crippen molar-refractivity contribution in [2.45, 2.75) is 6.04 Å². The molecule has 1 aromatic heterocycles. The monoisotopic (exact) mass is 287 g/mol. The molecule has 5 heteroatoms. The van der Waals surface area contributed by atoms with E-state index in [0.29, 0.717) is 0 Å². The standard InChI is InChI=1S/C11H15BrFN3/c12-11-7-9(1-2-15-11)10(8-13)16-5-3-14-4-6-16/h1-2,7,10,14H,3-6,8H2/t10-/m1/s1. The Balaban J connectivity index is 2.14. The summed E-state index contributed by atoms with van der Waals surface area (Å²) in [6.45, 7) is 3.31. The number of alkyl halides is 1. The molecule has 1 aliphatic rings. The zero-order valence-electron chi connectivity index (χ0n) is 9.00. The van der Waals surface area contributed by atoms with Crippen LogP contribution in [-0.2, 0) is 0 Å². The van der Waals surface area contributed by atoms with Gasteiger partial charge in [-0.3, -0.25) is 4.90 Å². The van der Waals surface area contributed by atoms with Gasteiger partial charge in [0.15, 0.2) is 0 Å². The fourth-order valence-corrected chi connectivity index (χ4v) is 2.40. The number of rotatable bonds is 3. The first kappa shape index (κ1) is 12.0. The van der Waals surface area contributed by atoms with Gasteiger partial charge in [-0.1, -0.05) is 0 Å². The van der Waals surface area contributed by atoms with Gasteiger partial charge in [0.05, 0.1) is 6.04 Å². The Morgan fingerprint density at radius 3 is 2.88 bits per heavy atom. The Hall–Kier alpha value is -0.520. The summed E-state index contributed by atoms with van der Waals surface area (Å²) in [7, 11) is 0. The third-order valence-electron chi connectivity index (χ3n) is 2.87. The van der Waals surface area contributed by atoms with Gasteiger partial charge in [-0.2, -0.15) is 0 Å². The minimum absolute atomic E-state index is 0.138. The van der Waals surface area contributed by atoms with Gasteiger partial charge in [0, 0.05) is 32.4 Å². The van der Waals surface area contributed by atoms with Crippen LogP contribution in [0.1, 0.15) is 11.6 Å². The van der Waals surface area contributed by atoms with Crippen molar-refractivity contribution in [3.8, 4) is 0 Å². The molecule has 0 radical (unpaired) electrons. The van der Waals surface area contributed by atoms with E-state index in [0.717, 1.165) is 36.3 Å². The van der Waals surface area contributed by atoms with Gasteiger partial charge >= 0.3 is 0 Å². The lowest BCUT2D eigenvalue weighted by molar-refractivity contribution is 0.147. The molecular formula is C11H15BrFN3. The van der Waals surface area contributed by atoms with Gasteiger partial charge in [-0.25, -0.2) is 9.37 Å². The Morgan fingerprint density at radius 2 is 2.25 bits per heavy atom. The summed E-state index contributed by atoms with van der Waals surface area (Å²) in [5.74, 6) is 0. The quantitative estimate of drug-likeness (QED) is 0.859. The zero-order valence-corrected chi connectivity index (χ0v) is 10.6. The van der Waals surface area contributed by atoms with Crippen LogP contribution < -0.4 is 5.32 Å². The van der Waals surface area contributed by atoms with Crippen LogP contribution in [-0.4, -0.2) is 42.7 Å². The van der Waals surface area contributed by atoms with Gasteiger partial charge in [0.25, 0.3) is 0 Å². The molecule has 1 aromatic rings. The van der Waals surface area contributed by atoms with E-state index in [1.165, 1.54) is 0 Å². The maximum absolute atomic E-state index is 13.2. The van der Waals surface area contributed by atoms with E-state index in [-0.39, 0.29) is 12.7 Å². The predicted molar refractivity (Wildman–Crippen MR) is 65.1 cm³/mol. The summed E-state index contributed by atoms with van der Waals surface area (Å²) in [6.07, 6.45) is 1.71. The number of nitrogens with zero attached hydrogens (tertiary/aromatic N) is 2. The predicted octanol–water partition coefficient (Wildman–Crippen LogP) is 1.76. The van der Waals surface area contributed by atoms with Crippen molar-refractivity contribution in [2.75, 3.05) is 32.9 Å². The summed E-state index contributed by atoms with van der Waals surface area (Å²) in [5.41, 5.74) is 0.992. The van der Waals surface area contributed by atoms with Crippen LogP contribution in [0.3, 0.4) is 0 Å². The highest BCUT2D eigenvalue weighted by atomic mass is 79.9. The van der Waals surface area contributed by atoms with Crippen molar-refractivity contribution in [1.29, 1.82) is 0 Å². The molecule has 0 spiro atoms. The van der Waals surface area contributed by atoms with Crippen molar-refractivity contribution in [3.63, 3.8) is 0 Å². The maximum Gasteiger partial charge on any atom is 0.109 e. The highest BCUT2D eigenvalue weighted by Gasteiger charge is 2.22. The molecule has 1 saturated heterocycles. The summed E-state index contributed by atoms with van der Waals surface area (Å²) >= 11 is 3.32. The molecule has 0 bridgehead atoms. The number of pyridine rings is 1. The summed E-state index contributed by atoms with van der Waals surface area (Å²) < 4.78 is 13.9. The van der Waals surface area contributed by atoms with Gasteiger partial charge in [-0.15, -0.1) is 0 Å². The van der Waals surface area contributed by atoms with E-state index in [4.69, 9.17) is 0 Å². The number of hydrogen-bond acceptors (Lipinski definition) is 3. The van der Waals surface area contributed by atoms with Crippen molar-refractivity contribution >= 4 is 15.9 Å². The number of hydrogen-bond donors (Lipinski definition) is 1. The van der Waals surface area contributed by atoms with Crippen LogP contribution in [0, 0.1) is 0 Å². The molecule has 0 aliphatic carbocycles. The van der Waals surface area contributed by atoms with E-state index in [1.54, 1.807) is 6.20 Å². The van der Waals surface area contributed by atoms with Crippen LogP contribution in [0.4, 0.5) is 4.39 Å². The second-order valence-corrected chi connectivity index (χ2v) is 4.68. The number of aromatic nitrogens is 1. The Labute approximate surface area is 103 Å². The first-order valence-electron chi connectivity index (χ1n) is 5.43. The average Bonchev–Trinajstić information content (AvgIpc) is 2.31. The average molecular weight is 288 g/mol. The van der Waals surface area contributed by atoms with Crippen LogP contribution >= 0.6 is 15.9 Å². The third-order valence-corrected chi connectivity index (χ3v) is 3.31. The van der Waals surface area contributed by atoms with Crippen LogP contribution in [0.2, 0.25) is 0 Å². The molecule has 1 N–H and O–H groups in total. The van der Waals surface area contributed by atoms with E-state index in [2.05, 4.69) is 31.1 Å². The fourth-order valence-electron chi connectivity index (χ4n) is 2.02. The molecule has 0 amide bonds. The molecule has 2 rings (SSSR count). The highest BCUT2D eigenvalue weighted by molar-refractivity contribution is 9.10.